The van der Waals surface area contributed by atoms with Crippen molar-refractivity contribution in [3.05, 3.63) is 41.3 Å². The van der Waals surface area contributed by atoms with E-state index in [4.69, 9.17) is 9.68 Å². The van der Waals surface area contributed by atoms with Gasteiger partial charge in [0, 0.05) is 37.3 Å². The Balaban J connectivity index is 1.12. The van der Waals surface area contributed by atoms with Crippen LogP contribution in [0.4, 0.5) is 11.7 Å². The zero-order valence-corrected chi connectivity index (χ0v) is 18.7. The third-order valence-electron chi connectivity index (χ3n) is 8.00. The van der Waals surface area contributed by atoms with E-state index in [0.717, 1.165) is 25.6 Å². The Morgan fingerprint density at radius 3 is 2.87 bits per heavy atom. The van der Waals surface area contributed by atoms with Crippen LogP contribution >= 0.6 is 0 Å². The molecular weight excluding hydrogens is 386 g/mol. The van der Waals surface area contributed by atoms with Gasteiger partial charge in [-0.25, -0.2) is 4.98 Å². The van der Waals surface area contributed by atoms with E-state index >= 15 is 0 Å². The molecule has 0 bridgehead atoms. The second-order valence-corrected chi connectivity index (χ2v) is 9.85. The van der Waals surface area contributed by atoms with Crippen molar-refractivity contribution in [2.24, 2.45) is 11.8 Å². The summed E-state index contributed by atoms with van der Waals surface area (Å²) in [5, 5.41) is 12.6. The summed E-state index contributed by atoms with van der Waals surface area (Å²) in [5.41, 5.74) is 4.56. The number of oxazole rings is 1. The van der Waals surface area contributed by atoms with Crippen LogP contribution in [0.25, 0.3) is 0 Å². The van der Waals surface area contributed by atoms with E-state index in [1.807, 2.05) is 6.07 Å². The average molecular weight is 420 g/mol. The first-order chi connectivity index (χ1) is 15.1. The van der Waals surface area contributed by atoms with Crippen LogP contribution in [0.5, 0.6) is 0 Å². The number of piperidine rings is 2. The largest absolute Gasteiger partial charge is 0.413 e. The number of benzene rings is 1. The van der Waals surface area contributed by atoms with Crippen LogP contribution in [0, 0.1) is 30.1 Å². The number of aryl methyl sites for hydroxylation is 1. The summed E-state index contributed by atoms with van der Waals surface area (Å²) in [7, 11) is 0. The van der Waals surface area contributed by atoms with Gasteiger partial charge in [0.05, 0.1) is 6.20 Å². The molecule has 1 spiro atoms. The standard InChI is InChI=1S/C25H33N5O/c1-18-3-4-22-23(13-18)28-17-25(22)8-12-29(16-19(25)2)9-5-20-6-10-30(11-7-20)24-27-15-21(14-26)31-24/h3-4,13,15,19-20,28H,5-12,16-17H2,1-2H3/t19?,25-/m1/s1. The Hall–Kier alpha value is -2.52. The fraction of sp³-hybridized carbons (Fsp3) is 0.600. The van der Waals surface area contributed by atoms with Crippen molar-refractivity contribution in [3.63, 3.8) is 0 Å². The molecule has 1 aromatic carbocycles. The molecule has 3 aliphatic rings. The first kappa shape index (κ1) is 20.4. The number of fused-ring (bicyclic) bond motifs is 2. The van der Waals surface area contributed by atoms with E-state index in [9.17, 15) is 0 Å². The predicted molar refractivity (Wildman–Crippen MR) is 122 cm³/mol. The van der Waals surface area contributed by atoms with Crippen molar-refractivity contribution in [3.8, 4) is 6.07 Å². The summed E-state index contributed by atoms with van der Waals surface area (Å²) in [6.07, 6.45) is 6.39. The number of hydrogen-bond acceptors (Lipinski definition) is 6. The molecule has 0 radical (unpaired) electrons. The van der Waals surface area contributed by atoms with Crippen LogP contribution in [-0.4, -0.2) is 49.2 Å². The topological polar surface area (TPSA) is 68.3 Å². The zero-order chi connectivity index (χ0) is 21.4. The van der Waals surface area contributed by atoms with Crippen LogP contribution in [-0.2, 0) is 5.41 Å². The number of hydrogen-bond donors (Lipinski definition) is 1. The number of nitrogens with zero attached hydrogens (tertiary/aromatic N) is 4. The Labute approximate surface area is 185 Å². The van der Waals surface area contributed by atoms with Gasteiger partial charge in [0.1, 0.15) is 6.07 Å². The van der Waals surface area contributed by atoms with Crippen LogP contribution < -0.4 is 10.2 Å². The fourth-order valence-corrected chi connectivity index (χ4v) is 5.95. The first-order valence-corrected chi connectivity index (χ1v) is 11.8. The molecule has 4 heterocycles. The second kappa shape index (κ2) is 8.20. The molecule has 1 unspecified atom stereocenters. The maximum Gasteiger partial charge on any atom is 0.298 e. The molecule has 1 N–H and O–H groups in total. The SMILES string of the molecule is Cc1ccc2c(c1)NC[C@@]21CCN(CCC2CCN(c3ncc(C#N)o3)CC2)CC1C. The Kier molecular flexibility index (Phi) is 5.39. The Morgan fingerprint density at radius 2 is 2.13 bits per heavy atom. The number of nitrogens with one attached hydrogen (secondary N) is 1. The van der Waals surface area contributed by atoms with Gasteiger partial charge in [0.2, 0.25) is 5.76 Å². The summed E-state index contributed by atoms with van der Waals surface area (Å²) >= 11 is 0. The number of nitriles is 1. The number of anilines is 2. The summed E-state index contributed by atoms with van der Waals surface area (Å²) in [4.78, 5) is 9.12. The van der Waals surface area contributed by atoms with E-state index in [1.165, 1.54) is 62.8 Å². The second-order valence-electron chi connectivity index (χ2n) is 9.85. The quantitative estimate of drug-likeness (QED) is 0.802. The van der Waals surface area contributed by atoms with Crippen molar-refractivity contribution in [1.29, 1.82) is 5.26 Å². The number of rotatable bonds is 4. The van der Waals surface area contributed by atoms with Gasteiger partial charge in [-0.3, -0.25) is 0 Å². The van der Waals surface area contributed by atoms with Crippen LogP contribution in [0.2, 0.25) is 0 Å². The molecule has 3 aliphatic heterocycles. The van der Waals surface area contributed by atoms with Gasteiger partial charge >= 0.3 is 0 Å². The molecule has 0 aliphatic carbocycles. The van der Waals surface area contributed by atoms with E-state index < -0.39 is 0 Å². The first-order valence-electron chi connectivity index (χ1n) is 11.8. The molecule has 2 saturated heterocycles. The highest BCUT2D eigenvalue weighted by molar-refractivity contribution is 5.62. The third kappa shape index (κ3) is 3.80. The lowest BCUT2D eigenvalue weighted by Crippen LogP contribution is -2.50. The van der Waals surface area contributed by atoms with Gasteiger partial charge in [-0.2, -0.15) is 5.26 Å². The predicted octanol–water partition coefficient (Wildman–Crippen LogP) is 4.17. The Bertz CT molecular complexity index is 971. The van der Waals surface area contributed by atoms with Gasteiger partial charge in [-0.1, -0.05) is 19.1 Å². The molecule has 5 rings (SSSR count). The highest BCUT2D eigenvalue weighted by Gasteiger charge is 2.46. The molecule has 1 aromatic heterocycles. The lowest BCUT2D eigenvalue weighted by atomic mass is 9.67. The maximum atomic E-state index is 8.92. The minimum atomic E-state index is 0.296. The molecule has 6 nitrogen and oxygen atoms in total. The van der Waals surface area contributed by atoms with Crippen LogP contribution in [0.3, 0.4) is 0 Å². The summed E-state index contributed by atoms with van der Waals surface area (Å²) in [6.45, 7) is 11.3. The van der Waals surface area contributed by atoms with Gasteiger partial charge in [0.15, 0.2) is 0 Å². The molecule has 2 aromatic rings. The summed E-state index contributed by atoms with van der Waals surface area (Å²) < 4.78 is 5.49. The molecule has 164 valence electrons. The van der Waals surface area contributed by atoms with Crippen molar-refractivity contribution in [2.75, 3.05) is 49.5 Å². The van der Waals surface area contributed by atoms with E-state index in [-0.39, 0.29) is 0 Å². The van der Waals surface area contributed by atoms with E-state index in [0.29, 0.717) is 23.1 Å². The minimum absolute atomic E-state index is 0.296. The van der Waals surface area contributed by atoms with Gasteiger partial charge in [-0.05, 0) is 74.7 Å². The van der Waals surface area contributed by atoms with Crippen molar-refractivity contribution < 1.29 is 4.42 Å². The summed E-state index contributed by atoms with van der Waals surface area (Å²) in [5.74, 6) is 1.73. The highest BCUT2D eigenvalue weighted by Crippen LogP contribution is 2.47. The molecule has 2 atom stereocenters. The van der Waals surface area contributed by atoms with E-state index in [1.54, 1.807) is 5.56 Å². The summed E-state index contributed by atoms with van der Waals surface area (Å²) in [6, 6.07) is 9.58. The third-order valence-corrected chi connectivity index (χ3v) is 8.00. The van der Waals surface area contributed by atoms with Gasteiger partial charge < -0.3 is 19.5 Å². The van der Waals surface area contributed by atoms with Crippen molar-refractivity contribution in [1.82, 2.24) is 9.88 Å². The normalized spacial score (nSPS) is 26.6. The number of aromatic nitrogens is 1. The molecule has 31 heavy (non-hydrogen) atoms. The molecule has 0 amide bonds. The van der Waals surface area contributed by atoms with Gasteiger partial charge in [-0.15, -0.1) is 0 Å². The number of likely N-dealkylation sites (tertiary alicyclic amines) is 1. The minimum Gasteiger partial charge on any atom is -0.413 e. The van der Waals surface area contributed by atoms with Crippen LogP contribution in [0.1, 0.15) is 49.5 Å². The lowest BCUT2D eigenvalue weighted by Gasteiger charge is -2.45. The lowest BCUT2D eigenvalue weighted by molar-refractivity contribution is 0.104. The monoisotopic (exact) mass is 419 g/mol. The molecule has 6 heteroatoms. The average Bonchev–Trinajstić information content (AvgIpc) is 3.41. The highest BCUT2D eigenvalue weighted by atomic mass is 16.4. The fourth-order valence-electron chi connectivity index (χ4n) is 5.95. The molecule has 2 fully saturated rings. The van der Waals surface area contributed by atoms with Gasteiger partial charge in [0.25, 0.3) is 6.01 Å². The Morgan fingerprint density at radius 1 is 1.29 bits per heavy atom. The smallest absolute Gasteiger partial charge is 0.298 e. The zero-order valence-electron chi connectivity index (χ0n) is 18.7. The van der Waals surface area contributed by atoms with Crippen molar-refractivity contribution in [2.45, 2.75) is 44.9 Å². The molecular formula is C25H33N5O. The maximum absolute atomic E-state index is 8.92. The molecule has 0 saturated carbocycles. The van der Waals surface area contributed by atoms with Crippen molar-refractivity contribution >= 4 is 11.7 Å². The van der Waals surface area contributed by atoms with E-state index in [2.05, 4.69) is 52.1 Å². The van der Waals surface area contributed by atoms with Crippen LogP contribution in [0.15, 0.2) is 28.8 Å².